The van der Waals surface area contributed by atoms with Crippen LogP contribution in [-0.4, -0.2) is 96.2 Å². The highest BCUT2D eigenvalue weighted by Gasteiger charge is 2.51. The SMILES string of the molecule is CCOC(=O)C(CC)(COC(c1ccc(OC)cc1)(c1ccc(OC)cc1)c1ccc(OC)cc1)C(=O)OCOP(OCCNC(=O)c1ccc(OC)cc1)N(C(C)C)C(C)C. The number of ether oxygens (including phenoxy) is 7. The van der Waals surface area contributed by atoms with Gasteiger partial charge in [0.25, 0.3) is 14.4 Å². The van der Waals surface area contributed by atoms with Gasteiger partial charge in [-0.2, -0.15) is 0 Å². The van der Waals surface area contributed by atoms with E-state index in [1.165, 1.54) is 0 Å². The average molecular weight is 877 g/mol. The molecule has 4 aromatic rings. The van der Waals surface area contributed by atoms with E-state index >= 15 is 0 Å². The molecule has 0 aliphatic heterocycles. The van der Waals surface area contributed by atoms with Crippen molar-refractivity contribution in [2.75, 3.05) is 61.6 Å². The molecule has 2 atom stereocenters. The number of methoxy groups -OCH3 is 4. The molecule has 1 N–H and O–H groups in total. The standard InChI is InChI=1S/C47H61N2O12P/c1-11-46(44(51)57-12-2,45(52)58-32-61-62(49(33(3)4)34(5)6)60-30-29-48-43(50)35-13-21-39(53-7)22-14-35)31-59-47(36-15-23-40(54-8)24-16-36,37-17-25-41(55-9)26-18-37)38-19-27-42(56-10)28-20-38/h13-28,33-34H,11-12,29-32H2,1-10H3,(H,48,50). The zero-order valence-corrected chi connectivity index (χ0v) is 38.3. The minimum absolute atomic E-state index is 0.0107. The second kappa shape index (κ2) is 23.8. The molecule has 0 heterocycles. The van der Waals surface area contributed by atoms with Crippen molar-refractivity contribution in [1.82, 2.24) is 9.99 Å². The lowest BCUT2D eigenvalue weighted by Gasteiger charge is -2.39. The van der Waals surface area contributed by atoms with Gasteiger partial charge in [0.2, 0.25) is 0 Å². The van der Waals surface area contributed by atoms with Crippen LogP contribution in [0.3, 0.4) is 0 Å². The molecular formula is C47H61N2O12P. The first-order valence-corrected chi connectivity index (χ1v) is 21.6. The number of nitrogens with zero attached hydrogens (tertiary/aromatic N) is 1. The second-order valence-electron chi connectivity index (χ2n) is 14.6. The van der Waals surface area contributed by atoms with Crippen LogP contribution in [0.25, 0.3) is 0 Å². The molecule has 0 radical (unpaired) electrons. The topological polar surface area (TPSA) is 150 Å². The Morgan fingerprint density at radius 3 is 1.42 bits per heavy atom. The zero-order chi connectivity index (χ0) is 45.3. The summed E-state index contributed by atoms with van der Waals surface area (Å²) in [6.45, 7) is 10.7. The highest BCUT2D eigenvalue weighted by molar-refractivity contribution is 7.44. The van der Waals surface area contributed by atoms with Crippen molar-refractivity contribution in [1.29, 1.82) is 0 Å². The molecule has 2 unspecified atom stereocenters. The summed E-state index contributed by atoms with van der Waals surface area (Å²) in [5.41, 5.74) is -0.796. The fourth-order valence-corrected chi connectivity index (χ4v) is 8.35. The van der Waals surface area contributed by atoms with Crippen molar-refractivity contribution in [2.45, 2.75) is 65.6 Å². The van der Waals surface area contributed by atoms with Gasteiger partial charge in [-0.05, 0) is 118 Å². The summed E-state index contributed by atoms with van der Waals surface area (Å²) in [6.07, 6.45) is -0.0299. The molecule has 0 aliphatic carbocycles. The number of carbonyl (C=O) groups is 3. The largest absolute Gasteiger partial charge is 0.497 e. The Kier molecular flexibility index (Phi) is 19.0. The third kappa shape index (κ3) is 12.0. The van der Waals surface area contributed by atoms with Gasteiger partial charge in [-0.25, -0.2) is 4.67 Å². The summed E-state index contributed by atoms with van der Waals surface area (Å²) in [4.78, 5) is 41.4. The van der Waals surface area contributed by atoms with Crippen LogP contribution in [-0.2, 0) is 38.4 Å². The normalized spacial score (nSPS) is 13.0. The predicted octanol–water partition coefficient (Wildman–Crippen LogP) is 8.30. The van der Waals surface area contributed by atoms with Gasteiger partial charge in [-0.3, -0.25) is 18.9 Å². The molecular weight excluding hydrogens is 815 g/mol. The van der Waals surface area contributed by atoms with E-state index in [9.17, 15) is 14.4 Å². The lowest BCUT2D eigenvalue weighted by atomic mass is 9.79. The molecule has 336 valence electrons. The quantitative estimate of drug-likeness (QED) is 0.0170. The molecule has 0 saturated carbocycles. The number of carbonyl (C=O) groups excluding carboxylic acids is 3. The van der Waals surface area contributed by atoms with Crippen LogP contribution >= 0.6 is 8.53 Å². The molecule has 0 fully saturated rings. The van der Waals surface area contributed by atoms with Gasteiger partial charge < -0.3 is 43.0 Å². The van der Waals surface area contributed by atoms with Crippen molar-refractivity contribution in [3.05, 3.63) is 119 Å². The summed E-state index contributed by atoms with van der Waals surface area (Å²) >= 11 is 0. The average Bonchev–Trinajstić information content (AvgIpc) is 3.29. The highest BCUT2D eigenvalue weighted by atomic mass is 31.2. The van der Waals surface area contributed by atoms with Crippen LogP contribution in [0.15, 0.2) is 97.1 Å². The highest BCUT2D eigenvalue weighted by Crippen LogP contribution is 2.47. The van der Waals surface area contributed by atoms with E-state index in [1.807, 2.05) is 105 Å². The van der Waals surface area contributed by atoms with Gasteiger partial charge in [-0.1, -0.05) is 43.3 Å². The Hall–Kier alpha value is -5.24. The number of nitrogens with one attached hydrogen (secondary N) is 1. The maximum atomic E-state index is 14.5. The Morgan fingerprint density at radius 1 is 0.613 bits per heavy atom. The van der Waals surface area contributed by atoms with Gasteiger partial charge in [0, 0.05) is 24.2 Å². The predicted molar refractivity (Wildman–Crippen MR) is 237 cm³/mol. The maximum absolute atomic E-state index is 14.5. The summed E-state index contributed by atoms with van der Waals surface area (Å²) in [5, 5.41) is 2.86. The molecule has 15 heteroatoms. The van der Waals surface area contributed by atoms with Crippen molar-refractivity contribution in [3.63, 3.8) is 0 Å². The van der Waals surface area contributed by atoms with E-state index in [0.29, 0.717) is 45.3 Å². The zero-order valence-electron chi connectivity index (χ0n) is 37.4. The molecule has 4 rings (SSSR count). The first-order chi connectivity index (χ1) is 29.8. The molecule has 62 heavy (non-hydrogen) atoms. The first-order valence-electron chi connectivity index (χ1n) is 20.5. The maximum Gasteiger partial charge on any atom is 0.328 e. The lowest BCUT2D eigenvalue weighted by Crippen LogP contribution is -2.48. The molecule has 1 amide bonds. The Bertz CT molecular complexity index is 1870. The van der Waals surface area contributed by atoms with Crippen molar-refractivity contribution in [2.24, 2.45) is 5.41 Å². The molecule has 0 spiro atoms. The molecule has 4 aromatic carbocycles. The van der Waals surface area contributed by atoms with E-state index < -0.39 is 44.9 Å². The van der Waals surface area contributed by atoms with Crippen molar-refractivity contribution < 1.29 is 56.6 Å². The molecule has 14 nitrogen and oxygen atoms in total. The van der Waals surface area contributed by atoms with Crippen LogP contribution in [0.5, 0.6) is 23.0 Å². The third-order valence-corrected chi connectivity index (χ3v) is 12.3. The van der Waals surface area contributed by atoms with Crippen molar-refractivity contribution >= 4 is 26.4 Å². The summed E-state index contributed by atoms with van der Waals surface area (Å²) in [6, 6.07) is 28.9. The monoisotopic (exact) mass is 876 g/mol. The van der Waals surface area contributed by atoms with E-state index in [2.05, 4.69) is 5.32 Å². The van der Waals surface area contributed by atoms with Crippen LogP contribution < -0.4 is 24.3 Å². The van der Waals surface area contributed by atoms with Crippen molar-refractivity contribution in [3.8, 4) is 23.0 Å². The van der Waals surface area contributed by atoms with Gasteiger partial charge in [-0.15, -0.1) is 0 Å². The van der Waals surface area contributed by atoms with E-state index in [1.54, 1.807) is 66.6 Å². The van der Waals surface area contributed by atoms with Gasteiger partial charge in [0.1, 0.15) is 28.6 Å². The fourth-order valence-electron chi connectivity index (χ4n) is 6.86. The van der Waals surface area contributed by atoms with Gasteiger partial charge >= 0.3 is 11.9 Å². The Balaban J connectivity index is 1.65. The lowest BCUT2D eigenvalue weighted by molar-refractivity contribution is -0.184. The van der Waals surface area contributed by atoms with Crippen LogP contribution in [0.2, 0.25) is 0 Å². The van der Waals surface area contributed by atoms with Gasteiger partial charge in [0.15, 0.2) is 12.2 Å². The summed E-state index contributed by atoms with van der Waals surface area (Å²) in [5.74, 6) is 0.548. The second-order valence-corrected chi connectivity index (χ2v) is 16.1. The van der Waals surface area contributed by atoms with Crippen LogP contribution in [0, 0.1) is 5.41 Å². The Morgan fingerprint density at radius 2 is 1.03 bits per heavy atom. The van der Waals surface area contributed by atoms with Gasteiger partial charge in [0.05, 0.1) is 48.3 Å². The molecule has 0 bridgehead atoms. The minimum atomic E-state index is -1.93. The van der Waals surface area contributed by atoms with Crippen LogP contribution in [0.1, 0.15) is 75.0 Å². The first kappa shape index (κ1) is 49.4. The minimum Gasteiger partial charge on any atom is -0.497 e. The fraction of sp³-hybridized carbons (Fsp3) is 0.426. The molecule has 0 aliphatic rings. The number of esters is 2. The van der Waals surface area contributed by atoms with Crippen LogP contribution in [0.4, 0.5) is 0 Å². The van der Waals surface area contributed by atoms with E-state index in [0.717, 1.165) is 0 Å². The number of hydrogen-bond donors (Lipinski definition) is 1. The smallest absolute Gasteiger partial charge is 0.328 e. The summed E-state index contributed by atoms with van der Waals surface area (Å²) in [7, 11) is 4.50. The van der Waals surface area contributed by atoms with E-state index in [-0.39, 0.29) is 44.2 Å². The molecule has 0 aromatic heterocycles. The Labute approximate surface area is 367 Å². The third-order valence-electron chi connectivity index (χ3n) is 10.2. The molecule has 0 saturated heterocycles. The number of benzene rings is 4. The number of hydrogen-bond acceptors (Lipinski definition) is 13. The summed E-state index contributed by atoms with van der Waals surface area (Å²) < 4.78 is 54.6. The van der Waals surface area contributed by atoms with E-state index in [4.69, 9.17) is 42.2 Å². The number of amides is 1. The number of rotatable bonds is 25.